The molecule has 1 fully saturated rings. The van der Waals surface area contributed by atoms with Crippen LogP contribution in [0, 0.1) is 5.92 Å². The maximum atomic E-state index is 12.8. The molecule has 0 saturated carbocycles. The van der Waals surface area contributed by atoms with Gasteiger partial charge in [0, 0.05) is 24.4 Å². The van der Waals surface area contributed by atoms with Gasteiger partial charge in [0.15, 0.2) is 0 Å². The van der Waals surface area contributed by atoms with Gasteiger partial charge in [-0.15, -0.1) is 0 Å². The zero-order valence-corrected chi connectivity index (χ0v) is 17.0. The number of carbonyl (C=O) groups excluding carboxylic acids is 1. The number of fused-ring (bicyclic) bond motifs is 1. The summed E-state index contributed by atoms with van der Waals surface area (Å²) in [6.07, 6.45) is 5.00. The predicted molar refractivity (Wildman–Crippen MR) is 121 cm³/mol. The van der Waals surface area contributed by atoms with Crippen molar-refractivity contribution in [3.05, 3.63) is 73.1 Å². The number of phenolic OH excluding ortho intramolecular Hbond substituents is 1. The van der Waals surface area contributed by atoms with Crippen LogP contribution in [-0.2, 0) is 4.79 Å². The van der Waals surface area contributed by atoms with Gasteiger partial charge in [0.1, 0.15) is 17.1 Å². The second-order valence-corrected chi connectivity index (χ2v) is 7.78. The minimum absolute atomic E-state index is 0.0244. The smallest absolute Gasteiger partial charge is 0.227 e. The number of pyridine rings is 1. The summed E-state index contributed by atoms with van der Waals surface area (Å²) in [5.74, 6) is 0.989. The number of rotatable bonds is 4. The highest BCUT2D eigenvalue weighted by Crippen LogP contribution is 2.28. The number of anilines is 2. The van der Waals surface area contributed by atoms with E-state index in [2.05, 4.69) is 20.3 Å². The van der Waals surface area contributed by atoms with Gasteiger partial charge in [0.25, 0.3) is 0 Å². The van der Waals surface area contributed by atoms with Crippen molar-refractivity contribution in [3.63, 3.8) is 0 Å². The van der Waals surface area contributed by atoms with Gasteiger partial charge >= 0.3 is 0 Å². The maximum Gasteiger partial charge on any atom is 0.227 e. The van der Waals surface area contributed by atoms with E-state index in [1.54, 1.807) is 16.9 Å². The largest absolute Gasteiger partial charge is 0.506 e. The molecule has 2 aromatic heterocycles. The first kappa shape index (κ1) is 19.1. The van der Waals surface area contributed by atoms with Crippen molar-refractivity contribution in [2.75, 3.05) is 23.3 Å². The van der Waals surface area contributed by atoms with E-state index >= 15 is 0 Å². The van der Waals surface area contributed by atoms with Crippen molar-refractivity contribution in [1.82, 2.24) is 14.8 Å². The molecule has 31 heavy (non-hydrogen) atoms. The number of piperidine rings is 1. The molecule has 7 nitrogen and oxygen atoms in total. The van der Waals surface area contributed by atoms with E-state index in [4.69, 9.17) is 0 Å². The van der Waals surface area contributed by atoms with Crippen LogP contribution in [-0.4, -0.2) is 38.9 Å². The van der Waals surface area contributed by atoms with Crippen molar-refractivity contribution in [2.45, 2.75) is 12.8 Å². The summed E-state index contributed by atoms with van der Waals surface area (Å²) in [7, 11) is 0. The molecule has 0 atom stereocenters. The first-order valence-electron chi connectivity index (χ1n) is 10.4. The molecule has 4 aromatic rings. The lowest BCUT2D eigenvalue weighted by Gasteiger charge is -2.32. The van der Waals surface area contributed by atoms with E-state index < -0.39 is 0 Å². The zero-order chi connectivity index (χ0) is 21.2. The number of hydrogen-bond donors (Lipinski definition) is 2. The van der Waals surface area contributed by atoms with Gasteiger partial charge < -0.3 is 15.3 Å². The third-order valence-corrected chi connectivity index (χ3v) is 5.74. The average Bonchev–Trinajstić information content (AvgIpc) is 3.28. The number of para-hydroxylation sites is 2. The molecule has 3 heterocycles. The third kappa shape index (κ3) is 3.94. The molecular weight excluding hydrogens is 390 g/mol. The Hall–Kier alpha value is -3.87. The Kier molecular flexibility index (Phi) is 5.00. The van der Waals surface area contributed by atoms with Gasteiger partial charge in [-0.3, -0.25) is 4.79 Å². The van der Waals surface area contributed by atoms with Gasteiger partial charge in [-0.25, -0.2) is 9.67 Å². The van der Waals surface area contributed by atoms with Crippen LogP contribution >= 0.6 is 0 Å². The summed E-state index contributed by atoms with van der Waals surface area (Å²) in [5.41, 5.74) is 2.25. The maximum absolute atomic E-state index is 12.8. The lowest BCUT2D eigenvalue weighted by atomic mass is 9.96. The Morgan fingerprint density at radius 3 is 2.61 bits per heavy atom. The van der Waals surface area contributed by atoms with Crippen LogP contribution in [0.5, 0.6) is 5.75 Å². The summed E-state index contributed by atoms with van der Waals surface area (Å²) in [6.45, 7) is 1.49. The Morgan fingerprint density at radius 2 is 1.81 bits per heavy atom. The van der Waals surface area contributed by atoms with Gasteiger partial charge in [0.05, 0.1) is 23.8 Å². The summed E-state index contributed by atoms with van der Waals surface area (Å²) >= 11 is 0. The van der Waals surface area contributed by atoms with Crippen molar-refractivity contribution in [3.8, 4) is 11.4 Å². The molecule has 2 N–H and O–H groups in total. The number of aromatic nitrogens is 3. The molecular formula is C24H23N5O2. The van der Waals surface area contributed by atoms with Crippen LogP contribution in [0.25, 0.3) is 16.6 Å². The third-order valence-electron chi connectivity index (χ3n) is 5.74. The van der Waals surface area contributed by atoms with Crippen molar-refractivity contribution in [1.29, 1.82) is 0 Å². The van der Waals surface area contributed by atoms with Crippen molar-refractivity contribution >= 4 is 28.3 Å². The molecule has 1 amide bonds. The molecule has 7 heteroatoms. The van der Waals surface area contributed by atoms with Crippen molar-refractivity contribution in [2.24, 2.45) is 5.92 Å². The standard InChI is InChI=1S/C24H23N5O2/c30-21-8-4-5-17-9-10-22(27-23(17)21)28-13-11-18(12-14-28)24(31)26-19-15-25-29(16-19)20-6-2-1-3-7-20/h1-10,15-16,18,30H,11-14H2,(H,26,31). The Bertz CT molecular complexity index is 1210. The molecule has 0 unspecified atom stereocenters. The fourth-order valence-corrected chi connectivity index (χ4v) is 4.02. The number of hydrogen-bond acceptors (Lipinski definition) is 5. The highest BCUT2D eigenvalue weighted by atomic mass is 16.3. The molecule has 1 aliphatic heterocycles. The molecule has 156 valence electrons. The quantitative estimate of drug-likeness (QED) is 0.529. The van der Waals surface area contributed by atoms with Gasteiger partial charge in [-0.1, -0.05) is 30.3 Å². The fourth-order valence-electron chi connectivity index (χ4n) is 4.02. The molecule has 2 aromatic carbocycles. The van der Waals surface area contributed by atoms with Crippen LogP contribution < -0.4 is 10.2 Å². The van der Waals surface area contributed by atoms with Crippen molar-refractivity contribution < 1.29 is 9.90 Å². The molecule has 5 rings (SSSR count). The lowest BCUT2D eigenvalue weighted by molar-refractivity contribution is -0.120. The van der Waals surface area contributed by atoms with Gasteiger partial charge in [-0.05, 0) is 43.2 Å². The summed E-state index contributed by atoms with van der Waals surface area (Å²) in [5, 5.41) is 18.3. The zero-order valence-electron chi connectivity index (χ0n) is 17.0. The topological polar surface area (TPSA) is 83.3 Å². The highest BCUT2D eigenvalue weighted by molar-refractivity contribution is 5.92. The molecule has 1 aliphatic rings. The monoisotopic (exact) mass is 413 g/mol. The summed E-state index contributed by atoms with van der Waals surface area (Å²) in [4.78, 5) is 19.6. The van der Waals surface area contributed by atoms with E-state index in [-0.39, 0.29) is 17.6 Å². The lowest BCUT2D eigenvalue weighted by Crippen LogP contribution is -2.38. The second-order valence-electron chi connectivity index (χ2n) is 7.78. The number of benzene rings is 2. The van der Waals surface area contributed by atoms with Crippen LogP contribution in [0.1, 0.15) is 12.8 Å². The molecule has 0 aliphatic carbocycles. The fraction of sp³-hybridized carbons (Fsp3) is 0.208. The van der Waals surface area contributed by atoms with E-state index in [1.807, 2.05) is 60.8 Å². The number of aromatic hydroxyl groups is 1. The first-order chi connectivity index (χ1) is 15.2. The summed E-state index contributed by atoms with van der Waals surface area (Å²) < 4.78 is 1.75. The molecule has 0 bridgehead atoms. The molecule has 1 saturated heterocycles. The van der Waals surface area contributed by atoms with Crippen LogP contribution in [0.3, 0.4) is 0 Å². The van der Waals surface area contributed by atoms with Crippen LogP contribution in [0.15, 0.2) is 73.1 Å². The van der Waals surface area contributed by atoms with Crippen LogP contribution in [0.2, 0.25) is 0 Å². The Morgan fingerprint density at radius 1 is 1.00 bits per heavy atom. The van der Waals surface area contributed by atoms with E-state index in [9.17, 15) is 9.90 Å². The minimum atomic E-state index is -0.0508. The second kappa shape index (κ2) is 8.10. The highest BCUT2D eigenvalue weighted by Gasteiger charge is 2.26. The summed E-state index contributed by atoms with van der Waals surface area (Å²) in [6, 6.07) is 19.1. The van der Waals surface area contributed by atoms with E-state index in [0.717, 1.165) is 42.8 Å². The molecule has 0 spiro atoms. The van der Waals surface area contributed by atoms with Gasteiger partial charge in [0.2, 0.25) is 5.91 Å². The Labute approximate surface area is 180 Å². The number of nitrogens with one attached hydrogen (secondary N) is 1. The minimum Gasteiger partial charge on any atom is -0.506 e. The number of amides is 1. The number of phenols is 1. The molecule has 0 radical (unpaired) electrons. The first-order valence-corrected chi connectivity index (χ1v) is 10.4. The van der Waals surface area contributed by atoms with Gasteiger partial charge in [-0.2, -0.15) is 5.10 Å². The average molecular weight is 413 g/mol. The van der Waals surface area contributed by atoms with E-state index in [1.165, 1.54) is 0 Å². The van der Waals surface area contributed by atoms with Crippen LogP contribution in [0.4, 0.5) is 11.5 Å². The Balaban J connectivity index is 1.21. The number of carbonyl (C=O) groups is 1. The normalized spacial score (nSPS) is 14.6. The van der Waals surface area contributed by atoms with E-state index in [0.29, 0.717) is 11.2 Å². The predicted octanol–water partition coefficient (Wildman–Crippen LogP) is 3.98. The number of nitrogens with zero attached hydrogens (tertiary/aromatic N) is 4. The SMILES string of the molecule is O=C(Nc1cnn(-c2ccccc2)c1)C1CCN(c2ccc3cccc(O)c3n2)CC1.